The van der Waals surface area contributed by atoms with Crippen molar-refractivity contribution in [2.24, 2.45) is 0 Å². The van der Waals surface area contributed by atoms with Gasteiger partial charge in [0.05, 0.1) is 0 Å². The fraction of sp³-hybridized carbons (Fsp3) is 0.174. The fourth-order valence-corrected chi connectivity index (χ4v) is 2.54. The standard InChI is InChI=1S/C23H23N3O4/c1-16(29-18-10-5-3-6-11-18)22(27)25-20-14-9-15-21(24-20)26-23(28)17(2)30-19-12-7-4-8-13-19/h3-17H,1-2H3,(H2,24,25,26,27,28). The summed E-state index contributed by atoms with van der Waals surface area (Å²) >= 11 is 0. The molecule has 2 aromatic carbocycles. The Morgan fingerprint density at radius 2 is 1.07 bits per heavy atom. The first-order valence-corrected chi connectivity index (χ1v) is 9.53. The number of ether oxygens (including phenoxy) is 2. The number of anilines is 2. The summed E-state index contributed by atoms with van der Waals surface area (Å²) in [6.07, 6.45) is -1.43. The van der Waals surface area contributed by atoms with E-state index in [2.05, 4.69) is 15.6 Å². The zero-order chi connectivity index (χ0) is 21.3. The van der Waals surface area contributed by atoms with Gasteiger partial charge in [-0.05, 0) is 50.2 Å². The van der Waals surface area contributed by atoms with Crippen molar-refractivity contribution < 1.29 is 19.1 Å². The third-order valence-corrected chi connectivity index (χ3v) is 4.10. The summed E-state index contributed by atoms with van der Waals surface area (Å²) in [4.78, 5) is 29.0. The van der Waals surface area contributed by atoms with Gasteiger partial charge in [-0.25, -0.2) is 4.98 Å². The van der Waals surface area contributed by atoms with Crippen LogP contribution in [0.1, 0.15) is 13.8 Å². The van der Waals surface area contributed by atoms with E-state index in [1.54, 1.807) is 56.3 Å². The molecular formula is C23H23N3O4. The summed E-state index contributed by atoms with van der Waals surface area (Å²) in [5.74, 6) is 1.10. The third-order valence-electron chi connectivity index (χ3n) is 4.10. The van der Waals surface area contributed by atoms with Crippen molar-refractivity contribution in [1.82, 2.24) is 4.98 Å². The van der Waals surface area contributed by atoms with Crippen molar-refractivity contribution in [2.45, 2.75) is 26.1 Å². The van der Waals surface area contributed by atoms with E-state index in [0.29, 0.717) is 23.1 Å². The van der Waals surface area contributed by atoms with Crippen LogP contribution in [0, 0.1) is 0 Å². The Hall–Kier alpha value is -3.87. The van der Waals surface area contributed by atoms with Crippen molar-refractivity contribution >= 4 is 23.5 Å². The van der Waals surface area contributed by atoms with Gasteiger partial charge in [0.1, 0.15) is 23.1 Å². The fourth-order valence-electron chi connectivity index (χ4n) is 2.54. The van der Waals surface area contributed by atoms with E-state index in [1.165, 1.54) is 0 Å². The zero-order valence-corrected chi connectivity index (χ0v) is 16.7. The second-order valence-corrected chi connectivity index (χ2v) is 6.53. The van der Waals surface area contributed by atoms with Gasteiger partial charge in [-0.1, -0.05) is 42.5 Å². The minimum Gasteiger partial charge on any atom is -0.481 e. The largest absolute Gasteiger partial charge is 0.481 e. The van der Waals surface area contributed by atoms with Crippen molar-refractivity contribution in [2.75, 3.05) is 10.6 Å². The van der Waals surface area contributed by atoms with Crippen molar-refractivity contribution in [3.63, 3.8) is 0 Å². The Morgan fingerprint density at radius 1 is 0.667 bits per heavy atom. The van der Waals surface area contributed by atoms with Crippen LogP contribution in [-0.2, 0) is 9.59 Å². The van der Waals surface area contributed by atoms with Crippen LogP contribution in [0.5, 0.6) is 11.5 Å². The van der Waals surface area contributed by atoms with Crippen LogP contribution in [0.4, 0.5) is 11.6 Å². The zero-order valence-electron chi connectivity index (χ0n) is 16.7. The van der Waals surface area contributed by atoms with Crippen LogP contribution in [0.2, 0.25) is 0 Å². The smallest absolute Gasteiger partial charge is 0.266 e. The number of rotatable bonds is 8. The summed E-state index contributed by atoms with van der Waals surface area (Å²) in [7, 11) is 0. The molecule has 1 heterocycles. The molecule has 2 N–H and O–H groups in total. The summed E-state index contributed by atoms with van der Waals surface area (Å²) in [6.45, 7) is 3.30. The summed E-state index contributed by atoms with van der Waals surface area (Å²) in [6, 6.07) is 23.1. The molecule has 7 heteroatoms. The van der Waals surface area contributed by atoms with Gasteiger partial charge in [0.15, 0.2) is 12.2 Å². The molecular weight excluding hydrogens is 382 g/mol. The lowest BCUT2D eigenvalue weighted by Gasteiger charge is -2.16. The lowest BCUT2D eigenvalue weighted by molar-refractivity contribution is -0.122. The van der Waals surface area contributed by atoms with E-state index in [1.807, 2.05) is 36.4 Å². The van der Waals surface area contributed by atoms with Gasteiger partial charge in [-0.15, -0.1) is 0 Å². The molecule has 3 rings (SSSR count). The highest BCUT2D eigenvalue weighted by Gasteiger charge is 2.17. The second kappa shape index (κ2) is 10.1. The van der Waals surface area contributed by atoms with E-state index in [-0.39, 0.29) is 11.8 Å². The monoisotopic (exact) mass is 405 g/mol. The average molecular weight is 405 g/mol. The van der Waals surface area contributed by atoms with Crippen LogP contribution in [0.25, 0.3) is 0 Å². The lowest BCUT2D eigenvalue weighted by atomic mass is 10.3. The number of pyridine rings is 1. The van der Waals surface area contributed by atoms with Crippen LogP contribution >= 0.6 is 0 Å². The number of nitrogens with zero attached hydrogens (tertiary/aromatic N) is 1. The number of carbonyl (C=O) groups is 2. The molecule has 0 saturated carbocycles. The minimum absolute atomic E-state index is 0.304. The molecule has 30 heavy (non-hydrogen) atoms. The third kappa shape index (κ3) is 6.07. The molecule has 0 fully saturated rings. The van der Waals surface area contributed by atoms with Gasteiger partial charge in [0.2, 0.25) is 0 Å². The van der Waals surface area contributed by atoms with Crippen LogP contribution < -0.4 is 20.1 Å². The maximum Gasteiger partial charge on any atom is 0.266 e. The maximum absolute atomic E-state index is 12.4. The summed E-state index contributed by atoms with van der Waals surface area (Å²) < 4.78 is 11.2. The van der Waals surface area contributed by atoms with E-state index in [9.17, 15) is 9.59 Å². The van der Waals surface area contributed by atoms with E-state index in [0.717, 1.165) is 0 Å². The van der Waals surface area contributed by atoms with Crippen molar-refractivity contribution in [3.8, 4) is 11.5 Å². The first-order valence-electron chi connectivity index (χ1n) is 9.53. The SMILES string of the molecule is CC(Oc1ccccc1)C(=O)Nc1cccc(NC(=O)C(C)Oc2ccccc2)n1. The Labute approximate surface area is 175 Å². The van der Waals surface area contributed by atoms with Gasteiger partial charge < -0.3 is 20.1 Å². The molecule has 0 aliphatic heterocycles. The molecule has 2 atom stereocenters. The topological polar surface area (TPSA) is 89.6 Å². The van der Waals surface area contributed by atoms with Gasteiger partial charge in [0, 0.05) is 0 Å². The number of nitrogens with one attached hydrogen (secondary N) is 2. The van der Waals surface area contributed by atoms with Crippen LogP contribution in [0.3, 0.4) is 0 Å². The number of para-hydroxylation sites is 2. The quantitative estimate of drug-likeness (QED) is 0.593. The normalized spacial score (nSPS) is 12.3. The molecule has 0 bridgehead atoms. The van der Waals surface area contributed by atoms with E-state index in [4.69, 9.17) is 9.47 Å². The molecule has 2 amide bonds. The molecule has 154 valence electrons. The molecule has 2 unspecified atom stereocenters. The maximum atomic E-state index is 12.4. The van der Waals surface area contributed by atoms with E-state index < -0.39 is 12.2 Å². The molecule has 7 nitrogen and oxygen atoms in total. The molecule has 0 aliphatic rings. The number of carbonyl (C=O) groups excluding carboxylic acids is 2. The average Bonchev–Trinajstić information content (AvgIpc) is 2.75. The second-order valence-electron chi connectivity index (χ2n) is 6.53. The van der Waals surface area contributed by atoms with Gasteiger partial charge in [0.25, 0.3) is 11.8 Å². The molecule has 3 aromatic rings. The predicted molar refractivity (Wildman–Crippen MR) is 115 cm³/mol. The van der Waals surface area contributed by atoms with Crippen LogP contribution in [0.15, 0.2) is 78.9 Å². The molecule has 1 aromatic heterocycles. The Balaban J connectivity index is 1.56. The number of hydrogen-bond donors (Lipinski definition) is 2. The van der Waals surface area contributed by atoms with Gasteiger partial charge in [-0.3, -0.25) is 9.59 Å². The van der Waals surface area contributed by atoms with Crippen LogP contribution in [-0.4, -0.2) is 29.0 Å². The molecule has 0 spiro atoms. The highest BCUT2D eigenvalue weighted by Crippen LogP contribution is 2.15. The van der Waals surface area contributed by atoms with E-state index >= 15 is 0 Å². The molecule has 0 saturated heterocycles. The number of benzene rings is 2. The molecule has 0 aliphatic carbocycles. The highest BCUT2D eigenvalue weighted by atomic mass is 16.5. The minimum atomic E-state index is -0.716. The summed E-state index contributed by atoms with van der Waals surface area (Å²) in [5.41, 5.74) is 0. The number of aromatic nitrogens is 1. The van der Waals surface area contributed by atoms with Crippen molar-refractivity contribution in [3.05, 3.63) is 78.9 Å². The predicted octanol–water partition coefficient (Wildman–Crippen LogP) is 3.89. The van der Waals surface area contributed by atoms with Gasteiger partial charge >= 0.3 is 0 Å². The summed E-state index contributed by atoms with van der Waals surface area (Å²) in [5, 5.41) is 5.37. The first-order chi connectivity index (χ1) is 14.5. The number of amides is 2. The lowest BCUT2D eigenvalue weighted by Crippen LogP contribution is -2.31. The first kappa shape index (κ1) is 20.9. The van der Waals surface area contributed by atoms with Gasteiger partial charge in [-0.2, -0.15) is 0 Å². The number of hydrogen-bond acceptors (Lipinski definition) is 5. The Kier molecular flexibility index (Phi) is 7.00. The highest BCUT2D eigenvalue weighted by molar-refractivity contribution is 5.95. The Bertz CT molecular complexity index is 903. The molecule has 0 radical (unpaired) electrons. The Morgan fingerprint density at radius 3 is 1.47 bits per heavy atom. The van der Waals surface area contributed by atoms with Crippen molar-refractivity contribution in [1.29, 1.82) is 0 Å².